The number of halogens is 1. The molecule has 0 saturated heterocycles. The summed E-state index contributed by atoms with van der Waals surface area (Å²) in [6.07, 6.45) is 0.882. The quantitative estimate of drug-likeness (QED) is 0.268. The minimum Gasteiger partial charge on any atom is -0.493 e. The van der Waals surface area contributed by atoms with Crippen LogP contribution in [-0.4, -0.2) is 63.7 Å². The molecule has 0 atom stereocenters. The minimum atomic E-state index is 0. The molecule has 0 heterocycles. The summed E-state index contributed by atoms with van der Waals surface area (Å²) < 4.78 is 10.7. The Morgan fingerprint density at radius 2 is 1.66 bits per heavy atom. The molecule has 0 aliphatic rings. The molecule has 0 bridgehead atoms. The molecule has 0 saturated carbocycles. The molecule has 1 N–H and O–H groups in total. The maximum atomic E-state index is 5.42. The summed E-state index contributed by atoms with van der Waals surface area (Å²) in [4.78, 5) is 8.97. The lowest BCUT2D eigenvalue weighted by molar-refractivity contribution is 0.265. The number of rotatable bonds is 10. The van der Waals surface area contributed by atoms with E-state index in [1.54, 1.807) is 14.2 Å². The molecule has 0 aliphatic heterocycles. The third-order valence-corrected chi connectivity index (χ3v) is 5.61. The molecule has 0 amide bonds. The predicted molar refractivity (Wildman–Crippen MR) is 145 cm³/mol. The van der Waals surface area contributed by atoms with Gasteiger partial charge < -0.3 is 19.7 Å². The van der Waals surface area contributed by atoms with Gasteiger partial charge >= 0.3 is 0 Å². The number of hydrogen-bond acceptors (Lipinski definition) is 4. The van der Waals surface area contributed by atoms with E-state index >= 15 is 0 Å². The van der Waals surface area contributed by atoms with E-state index in [4.69, 9.17) is 9.47 Å². The van der Waals surface area contributed by atoms with Crippen LogP contribution in [0.5, 0.6) is 11.5 Å². The number of guanidine groups is 1. The van der Waals surface area contributed by atoms with E-state index < -0.39 is 0 Å². The van der Waals surface area contributed by atoms with Crippen LogP contribution in [0.4, 0.5) is 0 Å². The van der Waals surface area contributed by atoms with Crippen molar-refractivity contribution in [2.45, 2.75) is 39.4 Å². The monoisotopic (exact) mass is 554 g/mol. The maximum Gasteiger partial charge on any atom is 0.193 e. The summed E-state index contributed by atoms with van der Waals surface area (Å²) >= 11 is 0. The molecule has 2 rings (SSSR count). The summed E-state index contributed by atoms with van der Waals surface area (Å²) in [7, 11) is 9.37. The van der Waals surface area contributed by atoms with Gasteiger partial charge in [-0.3, -0.25) is 9.89 Å². The number of likely N-dealkylation sites (N-methyl/N-ethyl adjacent to an activating group) is 1. The number of ether oxygens (including phenoxy) is 2. The molecule has 2 aromatic rings. The summed E-state index contributed by atoms with van der Waals surface area (Å²) in [6, 6.07) is 15.2. The molecule has 7 heteroatoms. The molecule has 0 fully saturated rings. The molecule has 0 spiro atoms. The second kappa shape index (κ2) is 14.2. The molecule has 0 aromatic heterocycles. The van der Waals surface area contributed by atoms with Crippen LogP contribution in [0.3, 0.4) is 0 Å². The van der Waals surface area contributed by atoms with E-state index in [1.165, 1.54) is 16.7 Å². The third kappa shape index (κ3) is 8.16. The molecule has 2 aromatic carbocycles. The predicted octanol–water partition coefficient (Wildman–Crippen LogP) is 4.41. The van der Waals surface area contributed by atoms with Crippen molar-refractivity contribution in [2.75, 3.05) is 41.9 Å². The SMILES string of the molecule is CN=C(NCc1ccccc1CN(C)C(C)C)N(C)CCc1ccc(OC)c(OC)c1.I. The van der Waals surface area contributed by atoms with Crippen LogP contribution in [0, 0.1) is 0 Å². The van der Waals surface area contributed by atoms with Crippen molar-refractivity contribution in [2.24, 2.45) is 4.99 Å². The number of hydrogen-bond donors (Lipinski definition) is 1. The molecule has 0 unspecified atom stereocenters. The molecular formula is C25H39IN4O2. The zero-order valence-electron chi connectivity index (χ0n) is 20.5. The van der Waals surface area contributed by atoms with Gasteiger partial charge in [0.2, 0.25) is 0 Å². The van der Waals surface area contributed by atoms with Crippen LogP contribution < -0.4 is 14.8 Å². The Hall–Kier alpha value is -2.00. The Bertz CT molecular complexity index is 858. The summed E-state index contributed by atoms with van der Waals surface area (Å²) in [6.45, 7) is 6.96. The highest BCUT2D eigenvalue weighted by molar-refractivity contribution is 14.0. The van der Waals surface area contributed by atoms with E-state index in [9.17, 15) is 0 Å². The van der Waals surface area contributed by atoms with E-state index in [2.05, 4.69) is 78.4 Å². The second-order valence-electron chi connectivity index (χ2n) is 8.04. The van der Waals surface area contributed by atoms with Gasteiger partial charge in [-0.2, -0.15) is 0 Å². The number of nitrogens with zero attached hydrogens (tertiary/aromatic N) is 3. The van der Waals surface area contributed by atoms with Gasteiger partial charge in [0.1, 0.15) is 0 Å². The largest absolute Gasteiger partial charge is 0.493 e. The van der Waals surface area contributed by atoms with E-state index in [1.807, 2.05) is 19.2 Å². The lowest BCUT2D eigenvalue weighted by atomic mass is 10.1. The van der Waals surface area contributed by atoms with Crippen molar-refractivity contribution in [1.29, 1.82) is 0 Å². The van der Waals surface area contributed by atoms with Crippen LogP contribution in [0.2, 0.25) is 0 Å². The average molecular weight is 555 g/mol. The van der Waals surface area contributed by atoms with E-state index in [-0.39, 0.29) is 24.0 Å². The Kier molecular flexibility index (Phi) is 12.4. The Morgan fingerprint density at radius 1 is 1.00 bits per heavy atom. The first-order valence-electron chi connectivity index (χ1n) is 10.8. The molecule has 178 valence electrons. The van der Waals surface area contributed by atoms with Gasteiger partial charge in [0.15, 0.2) is 17.5 Å². The lowest BCUT2D eigenvalue weighted by Gasteiger charge is -2.24. The highest BCUT2D eigenvalue weighted by atomic mass is 127. The van der Waals surface area contributed by atoms with Crippen LogP contribution in [0.1, 0.15) is 30.5 Å². The van der Waals surface area contributed by atoms with Gasteiger partial charge in [0.25, 0.3) is 0 Å². The number of methoxy groups -OCH3 is 2. The van der Waals surface area contributed by atoms with Gasteiger partial charge in [0.05, 0.1) is 14.2 Å². The van der Waals surface area contributed by atoms with Gasteiger partial charge in [-0.15, -0.1) is 24.0 Å². The van der Waals surface area contributed by atoms with Crippen LogP contribution in [0.15, 0.2) is 47.5 Å². The summed E-state index contributed by atoms with van der Waals surface area (Å²) in [5.74, 6) is 2.39. The molecule has 0 aliphatic carbocycles. The fourth-order valence-electron chi connectivity index (χ4n) is 3.33. The van der Waals surface area contributed by atoms with Crippen LogP contribution in [-0.2, 0) is 19.5 Å². The van der Waals surface area contributed by atoms with Crippen molar-refractivity contribution in [3.05, 3.63) is 59.2 Å². The zero-order valence-corrected chi connectivity index (χ0v) is 22.8. The molecule has 6 nitrogen and oxygen atoms in total. The van der Waals surface area contributed by atoms with E-state index in [0.29, 0.717) is 6.04 Å². The Balaban J connectivity index is 0.00000512. The fourth-order valence-corrected chi connectivity index (χ4v) is 3.33. The van der Waals surface area contributed by atoms with Crippen LogP contribution in [0.25, 0.3) is 0 Å². The maximum absolute atomic E-state index is 5.42. The van der Waals surface area contributed by atoms with Crippen molar-refractivity contribution >= 4 is 29.9 Å². The first-order chi connectivity index (χ1) is 14.9. The van der Waals surface area contributed by atoms with Gasteiger partial charge in [-0.1, -0.05) is 30.3 Å². The Labute approximate surface area is 211 Å². The molecule has 32 heavy (non-hydrogen) atoms. The number of nitrogens with one attached hydrogen (secondary N) is 1. The standard InChI is InChI=1S/C25H38N4O2.HI/c1-19(2)29(5)18-22-11-9-8-10-21(22)17-27-25(26-3)28(4)15-14-20-12-13-23(30-6)24(16-20)31-7;/h8-13,16,19H,14-15,17-18H2,1-7H3,(H,26,27);1H. The highest BCUT2D eigenvalue weighted by Crippen LogP contribution is 2.27. The third-order valence-electron chi connectivity index (χ3n) is 5.61. The van der Waals surface area contributed by atoms with Crippen LogP contribution >= 0.6 is 24.0 Å². The average Bonchev–Trinajstić information content (AvgIpc) is 2.78. The minimum absolute atomic E-state index is 0. The van der Waals surface area contributed by atoms with Gasteiger partial charge in [-0.05, 0) is 56.1 Å². The summed E-state index contributed by atoms with van der Waals surface area (Å²) in [5.41, 5.74) is 3.83. The second-order valence-corrected chi connectivity index (χ2v) is 8.04. The first-order valence-corrected chi connectivity index (χ1v) is 10.8. The number of benzene rings is 2. The molecular weight excluding hydrogens is 515 g/mol. The lowest BCUT2D eigenvalue weighted by Crippen LogP contribution is -2.39. The van der Waals surface area contributed by atoms with E-state index in [0.717, 1.165) is 43.5 Å². The topological polar surface area (TPSA) is 49.3 Å². The zero-order chi connectivity index (χ0) is 22.8. The molecule has 0 radical (unpaired) electrons. The van der Waals surface area contributed by atoms with Gasteiger partial charge in [-0.25, -0.2) is 0 Å². The van der Waals surface area contributed by atoms with Crippen molar-refractivity contribution < 1.29 is 9.47 Å². The highest BCUT2D eigenvalue weighted by Gasteiger charge is 2.11. The smallest absolute Gasteiger partial charge is 0.193 e. The van der Waals surface area contributed by atoms with Crippen molar-refractivity contribution in [3.63, 3.8) is 0 Å². The van der Waals surface area contributed by atoms with Gasteiger partial charge in [0, 0.05) is 39.8 Å². The van der Waals surface area contributed by atoms with Crippen molar-refractivity contribution in [3.8, 4) is 11.5 Å². The normalized spacial score (nSPS) is 11.3. The fraction of sp³-hybridized carbons (Fsp3) is 0.480. The first kappa shape index (κ1) is 28.0. The summed E-state index contributed by atoms with van der Waals surface area (Å²) in [5, 5.41) is 3.52. The Morgan fingerprint density at radius 3 is 2.25 bits per heavy atom. The van der Waals surface area contributed by atoms with Crippen molar-refractivity contribution in [1.82, 2.24) is 15.1 Å². The number of aliphatic imine (C=N–C) groups is 1.